The Balaban J connectivity index is 1.81. The highest BCUT2D eigenvalue weighted by Gasteiger charge is 2.18. The van der Waals surface area contributed by atoms with E-state index in [1.54, 1.807) is 11.4 Å². The van der Waals surface area contributed by atoms with Crippen LogP contribution in [0, 0.1) is 20.8 Å². The van der Waals surface area contributed by atoms with Crippen molar-refractivity contribution in [3.63, 3.8) is 0 Å². The lowest BCUT2D eigenvalue weighted by atomic mass is 10.0. The minimum Gasteiger partial charge on any atom is -0.292 e. The van der Waals surface area contributed by atoms with Crippen molar-refractivity contribution in [3.05, 3.63) is 103 Å². The molecule has 30 heavy (non-hydrogen) atoms. The lowest BCUT2D eigenvalue weighted by Crippen LogP contribution is -2.41. The highest BCUT2D eigenvalue weighted by atomic mass is 32.1. The van der Waals surface area contributed by atoms with Gasteiger partial charge in [0.15, 0.2) is 5.78 Å². The largest absolute Gasteiger partial charge is 0.332 e. The summed E-state index contributed by atoms with van der Waals surface area (Å²) in [4.78, 5) is 39.3. The van der Waals surface area contributed by atoms with Crippen molar-refractivity contribution in [2.75, 3.05) is 0 Å². The molecule has 0 aliphatic carbocycles. The zero-order valence-electron chi connectivity index (χ0n) is 17.1. The van der Waals surface area contributed by atoms with Gasteiger partial charge in [-0.15, -0.1) is 11.3 Å². The summed E-state index contributed by atoms with van der Waals surface area (Å²) in [7, 11) is 0. The number of aryl methyl sites for hydroxylation is 3. The zero-order chi connectivity index (χ0) is 21.4. The van der Waals surface area contributed by atoms with Crippen LogP contribution in [0.15, 0.2) is 63.5 Å². The second-order valence-corrected chi connectivity index (χ2v) is 8.54. The van der Waals surface area contributed by atoms with Gasteiger partial charge in [0.05, 0.1) is 18.6 Å². The summed E-state index contributed by atoms with van der Waals surface area (Å²) in [6.45, 7) is 5.86. The number of Topliss-reactive ketones (excluding diaryl/α,β-unsaturated/α-hetero) is 1. The van der Waals surface area contributed by atoms with Crippen molar-refractivity contribution in [2.45, 2.75) is 33.9 Å². The third kappa shape index (κ3) is 3.66. The number of ketones is 1. The lowest BCUT2D eigenvalue weighted by Gasteiger charge is -2.13. The molecule has 2 heterocycles. The van der Waals surface area contributed by atoms with Crippen LogP contribution in [0.1, 0.15) is 32.6 Å². The molecule has 0 aliphatic rings. The van der Waals surface area contributed by atoms with Gasteiger partial charge in [-0.1, -0.05) is 47.5 Å². The van der Waals surface area contributed by atoms with Crippen molar-refractivity contribution in [2.24, 2.45) is 0 Å². The number of aromatic nitrogens is 2. The number of thiophene rings is 1. The van der Waals surface area contributed by atoms with Crippen molar-refractivity contribution in [1.29, 1.82) is 0 Å². The van der Waals surface area contributed by atoms with E-state index in [1.807, 2.05) is 63.2 Å². The topological polar surface area (TPSA) is 61.1 Å². The molecular weight excluding hydrogens is 396 g/mol. The minimum atomic E-state index is -0.467. The van der Waals surface area contributed by atoms with E-state index in [0.29, 0.717) is 15.8 Å². The monoisotopic (exact) mass is 418 g/mol. The maximum atomic E-state index is 13.3. The van der Waals surface area contributed by atoms with Crippen LogP contribution in [0.5, 0.6) is 0 Å². The van der Waals surface area contributed by atoms with Gasteiger partial charge >= 0.3 is 5.69 Å². The second-order valence-electron chi connectivity index (χ2n) is 7.62. The van der Waals surface area contributed by atoms with Crippen molar-refractivity contribution < 1.29 is 4.79 Å². The molecule has 0 bridgehead atoms. The molecule has 5 nitrogen and oxygen atoms in total. The van der Waals surface area contributed by atoms with E-state index >= 15 is 0 Å². The fourth-order valence-corrected chi connectivity index (χ4v) is 4.41. The van der Waals surface area contributed by atoms with Crippen LogP contribution >= 0.6 is 11.3 Å². The highest BCUT2D eigenvalue weighted by molar-refractivity contribution is 7.17. The van der Waals surface area contributed by atoms with Crippen LogP contribution < -0.4 is 11.2 Å². The van der Waals surface area contributed by atoms with Gasteiger partial charge in [0.2, 0.25) is 0 Å². The maximum Gasteiger partial charge on any atom is 0.332 e. The normalized spacial score (nSPS) is 11.2. The molecule has 2 aromatic heterocycles. The molecule has 152 valence electrons. The molecule has 6 heteroatoms. The summed E-state index contributed by atoms with van der Waals surface area (Å²) in [5, 5.41) is 1.78. The molecule has 0 atom stereocenters. The first-order valence-electron chi connectivity index (χ1n) is 9.72. The average Bonchev–Trinajstić information content (AvgIpc) is 3.21. The number of rotatable bonds is 5. The molecule has 0 spiro atoms. The first-order valence-corrected chi connectivity index (χ1v) is 10.6. The van der Waals surface area contributed by atoms with Crippen LogP contribution in [0.4, 0.5) is 0 Å². The highest BCUT2D eigenvalue weighted by Crippen LogP contribution is 2.18. The summed E-state index contributed by atoms with van der Waals surface area (Å²) in [5.41, 5.74) is 4.15. The van der Waals surface area contributed by atoms with E-state index in [2.05, 4.69) is 0 Å². The maximum absolute atomic E-state index is 13.3. The van der Waals surface area contributed by atoms with Gasteiger partial charge < -0.3 is 0 Å². The van der Waals surface area contributed by atoms with Crippen molar-refractivity contribution >= 4 is 27.3 Å². The van der Waals surface area contributed by atoms with E-state index in [4.69, 9.17) is 0 Å². The molecule has 0 unspecified atom stereocenters. The molecule has 0 N–H and O–H groups in total. The summed E-state index contributed by atoms with van der Waals surface area (Å²) in [6, 6.07) is 15.2. The average molecular weight is 419 g/mol. The van der Waals surface area contributed by atoms with Gasteiger partial charge in [0.25, 0.3) is 5.56 Å². The van der Waals surface area contributed by atoms with Gasteiger partial charge in [-0.2, -0.15) is 0 Å². The summed E-state index contributed by atoms with van der Waals surface area (Å²) in [5.74, 6) is -0.147. The Bertz CT molecular complexity index is 1370. The third-order valence-corrected chi connectivity index (χ3v) is 6.18. The van der Waals surface area contributed by atoms with Crippen LogP contribution in [-0.4, -0.2) is 14.9 Å². The second kappa shape index (κ2) is 7.88. The Morgan fingerprint density at radius 3 is 2.33 bits per heavy atom. The van der Waals surface area contributed by atoms with E-state index in [1.165, 1.54) is 20.5 Å². The first-order chi connectivity index (χ1) is 14.3. The van der Waals surface area contributed by atoms with E-state index < -0.39 is 5.69 Å². The fourth-order valence-electron chi connectivity index (χ4n) is 3.57. The smallest absolute Gasteiger partial charge is 0.292 e. The van der Waals surface area contributed by atoms with Gasteiger partial charge in [-0.3, -0.25) is 18.7 Å². The molecule has 2 aromatic carbocycles. The molecule has 0 saturated carbocycles. The van der Waals surface area contributed by atoms with Crippen LogP contribution in [-0.2, 0) is 13.1 Å². The predicted molar refractivity (Wildman–Crippen MR) is 121 cm³/mol. The standard InChI is InChI=1S/C24H22N2O3S/c1-15-5-8-18(9-6-15)13-26-23(28)22-20(10-11-30-22)25(24(26)29)14-21(27)19-12-16(2)4-7-17(19)3/h4-12H,13-14H2,1-3H3. The van der Waals surface area contributed by atoms with E-state index in [-0.39, 0.29) is 24.4 Å². The Morgan fingerprint density at radius 2 is 1.60 bits per heavy atom. The molecule has 4 aromatic rings. The molecule has 0 fully saturated rings. The molecule has 0 aliphatic heterocycles. The van der Waals surface area contributed by atoms with Gasteiger partial charge in [-0.25, -0.2) is 4.79 Å². The van der Waals surface area contributed by atoms with E-state index in [0.717, 1.165) is 22.3 Å². The number of benzene rings is 2. The Labute approximate surface area is 177 Å². The number of carbonyl (C=O) groups is 1. The van der Waals surface area contributed by atoms with E-state index in [9.17, 15) is 14.4 Å². The van der Waals surface area contributed by atoms with Crippen molar-refractivity contribution in [1.82, 2.24) is 9.13 Å². The minimum absolute atomic E-state index is 0.107. The number of hydrogen-bond donors (Lipinski definition) is 0. The number of hydrogen-bond acceptors (Lipinski definition) is 4. The zero-order valence-corrected chi connectivity index (χ0v) is 18.0. The Kier molecular flexibility index (Phi) is 5.26. The molecular formula is C24H22N2O3S. The number of carbonyl (C=O) groups excluding carboxylic acids is 1. The Morgan fingerprint density at radius 1 is 0.900 bits per heavy atom. The Hall–Kier alpha value is -3.25. The number of fused-ring (bicyclic) bond motifs is 1. The van der Waals surface area contributed by atoms with Crippen LogP contribution in [0.25, 0.3) is 10.2 Å². The summed E-state index contributed by atoms with van der Waals surface area (Å²) >= 11 is 1.29. The molecule has 4 rings (SSSR count). The molecule has 0 saturated heterocycles. The third-order valence-electron chi connectivity index (χ3n) is 5.29. The molecule has 0 amide bonds. The number of nitrogens with zero attached hydrogens (tertiary/aromatic N) is 2. The fraction of sp³-hybridized carbons (Fsp3) is 0.208. The van der Waals surface area contributed by atoms with Crippen LogP contribution in [0.2, 0.25) is 0 Å². The van der Waals surface area contributed by atoms with Gasteiger partial charge in [-0.05, 0) is 49.4 Å². The van der Waals surface area contributed by atoms with Crippen molar-refractivity contribution in [3.8, 4) is 0 Å². The summed E-state index contributed by atoms with van der Waals surface area (Å²) < 4.78 is 3.13. The molecule has 0 radical (unpaired) electrons. The SMILES string of the molecule is Cc1ccc(Cn2c(=O)c3sccc3n(CC(=O)c3cc(C)ccc3C)c2=O)cc1. The predicted octanol–water partition coefficient (Wildman–Crippen LogP) is 4.08. The van der Waals surface area contributed by atoms with Gasteiger partial charge in [0.1, 0.15) is 4.70 Å². The van der Waals surface area contributed by atoms with Gasteiger partial charge in [0, 0.05) is 5.56 Å². The first kappa shape index (κ1) is 20.0. The quantitative estimate of drug-likeness (QED) is 0.459. The summed E-state index contributed by atoms with van der Waals surface area (Å²) in [6.07, 6.45) is 0. The lowest BCUT2D eigenvalue weighted by molar-refractivity contribution is 0.0970. The van der Waals surface area contributed by atoms with Crippen LogP contribution in [0.3, 0.4) is 0 Å².